The summed E-state index contributed by atoms with van der Waals surface area (Å²) in [4.78, 5) is 4.31. The third-order valence-corrected chi connectivity index (χ3v) is 3.26. The summed E-state index contributed by atoms with van der Waals surface area (Å²) in [5.41, 5.74) is 7.73. The van der Waals surface area contributed by atoms with Gasteiger partial charge in [-0.05, 0) is 18.1 Å². The second-order valence-electron chi connectivity index (χ2n) is 4.20. The van der Waals surface area contributed by atoms with Crippen molar-refractivity contribution in [2.75, 3.05) is 5.73 Å². The molecule has 1 unspecified atom stereocenters. The summed E-state index contributed by atoms with van der Waals surface area (Å²) in [5, 5.41) is 0.659. The molecule has 0 aliphatic rings. The van der Waals surface area contributed by atoms with Gasteiger partial charge in [0.1, 0.15) is 5.52 Å². The number of hydrogen-bond acceptors (Lipinski definition) is 2. The molecule has 0 aliphatic carbocycles. The molecule has 1 heterocycles. The Balaban J connectivity index is 2.52. The first-order valence-electron chi connectivity index (χ1n) is 5.53. The third kappa shape index (κ3) is 1.87. The average Bonchev–Trinajstić information content (AvgIpc) is 2.58. The SMILES string of the molecule is CCC(C)Cn1c(N)nc2c(Cl)cccc21. The van der Waals surface area contributed by atoms with E-state index in [9.17, 15) is 0 Å². The lowest BCUT2D eigenvalue weighted by Crippen LogP contribution is -2.09. The van der Waals surface area contributed by atoms with Crippen molar-refractivity contribution in [3.05, 3.63) is 23.2 Å². The van der Waals surface area contributed by atoms with Crippen molar-refractivity contribution < 1.29 is 0 Å². The van der Waals surface area contributed by atoms with Crippen LogP contribution in [0.2, 0.25) is 5.02 Å². The summed E-state index contributed by atoms with van der Waals surface area (Å²) in [6, 6.07) is 5.77. The highest BCUT2D eigenvalue weighted by atomic mass is 35.5. The number of nitrogens with zero attached hydrogens (tertiary/aromatic N) is 2. The smallest absolute Gasteiger partial charge is 0.201 e. The Bertz CT molecular complexity index is 504. The van der Waals surface area contributed by atoms with Crippen LogP contribution in [0.4, 0.5) is 5.95 Å². The zero-order valence-electron chi connectivity index (χ0n) is 9.57. The topological polar surface area (TPSA) is 43.8 Å². The molecule has 0 aliphatic heterocycles. The van der Waals surface area contributed by atoms with Crippen molar-refractivity contribution in [1.82, 2.24) is 9.55 Å². The zero-order chi connectivity index (χ0) is 11.7. The van der Waals surface area contributed by atoms with Crippen LogP contribution >= 0.6 is 11.6 Å². The lowest BCUT2D eigenvalue weighted by atomic mass is 10.1. The van der Waals surface area contributed by atoms with Crippen LogP contribution in [0.5, 0.6) is 0 Å². The van der Waals surface area contributed by atoms with Gasteiger partial charge < -0.3 is 10.3 Å². The van der Waals surface area contributed by atoms with Crippen LogP contribution in [0.3, 0.4) is 0 Å². The summed E-state index contributed by atoms with van der Waals surface area (Å²) >= 11 is 6.08. The van der Waals surface area contributed by atoms with Gasteiger partial charge in [-0.2, -0.15) is 0 Å². The minimum Gasteiger partial charge on any atom is -0.369 e. The third-order valence-electron chi connectivity index (χ3n) is 2.95. The molecule has 0 amide bonds. The summed E-state index contributed by atoms with van der Waals surface area (Å²) in [7, 11) is 0. The van der Waals surface area contributed by atoms with Gasteiger partial charge in [-0.25, -0.2) is 4.98 Å². The predicted octanol–water partition coefficient (Wildman–Crippen LogP) is 3.32. The highest BCUT2D eigenvalue weighted by Gasteiger charge is 2.12. The van der Waals surface area contributed by atoms with E-state index in [0.29, 0.717) is 16.9 Å². The molecule has 1 aromatic heterocycles. The fraction of sp³-hybridized carbons (Fsp3) is 0.417. The van der Waals surface area contributed by atoms with Gasteiger partial charge >= 0.3 is 0 Å². The molecule has 1 aromatic carbocycles. The van der Waals surface area contributed by atoms with Gasteiger partial charge in [-0.1, -0.05) is 37.9 Å². The van der Waals surface area contributed by atoms with Crippen molar-refractivity contribution in [3.8, 4) is 0 Å². The van der Waals surface area contributed by atoms with Crippen LogP contribution in [0.1, 0.15) is 20.3 Å². The van der Waals surface area contributed by atoms with Crippen LogP contribution < -0.4 is 5.73 Å². The number of nitrogen functional groups attached to an aromatic ring is 1. The number of hydrogen-bond donors (Lipinski definition) is 1. The summed E-state index contributed by atoms with van der Waals surface area (Å²) in [6.45, 7) is 5.27. The number of imidazole rings is 1. The minimum atomic E-state index is 0.545. The first-order valence-corrected chi connectivity index (χ1v) is 5.91. The van der Waals surface area contributed by atoms with E-state index in [1.807, 2.05) is 22.8 Å². The van der Waals surface area contributed by atoms with E-state index < -0.39 is 0 Å². The largest absolute Gasteiger partial charge is 0.369 e. The van der Waals surface area contributed by atoms with Crippen molar-refractivity contribution in [2.45, 2.75) is 26.8 Å². The fourth-order valence-electron chi connectivity index (χ4n) is 1.76. The first kappa shape index (κ1) is 11.3. The highest BCUT2D eigenvalue weighted by molar-refractivity contribution is 6.35. The number of halogens is 1. The monoisotopic (exact) mass is 237 g/mol. The van der Waals surface area contributed by atoms with E-state index >= 15 is 0 Å². The van der Waals surface area contributed by atoms with E-state index in [1.54, 1.807) is 0 Å². The van der Waals surface area contributed by atoms with E-state index in [1.165, 1.54) is 0 Å². The fourth-order valence-corrected chi connectivity index (χ4v) is 1.98. The molecule has 86 valence electrons. The summed E-state index contributed by atoms with van der Waals surface area (Å²) < 4.78 is 2.04. The molecule has 0 fully saturated rings. The van der Waals surface area contributed by atoms with Crippen LogP contribution in [-0.2, 0) is 6.54 Å². The quantitative estimate of drug-likeness (QED) is 0.890. The molecular weight excluding hydrogens is 222 g/mol. The second kappa shape index (κ2) is 4.34. The van der Waals surface area contributed by atoms with Gasteiger partial charge in [-0.15, -0.1) is 0 Å². The van der Waals surface area contributed by atoms with E-state index in [4.69, 9.17) is 17.3 Å². The number of nitrogens with two attached hydrogens (primary N) is 1. The Kier molecular flexibility index (Phi) is 3.06. The maximum atomic E-state index is 6.08. The molecule has 2 rings (SSSR count). The van der Waals surface area contributed by atoms with E-state index in [0.717, 1.165) is 24.0 Å². The maximum Gasteiger partial charge on any atom is 0.201 e. The number of anilines is 1. The molecule has 1 atom stereocenters. The molecule has 2 aromatic rings. The highest BCUT2D eigenvalue weighted by Crippen LogP contribution is 2.25. The Morgan fingerprint density at radius 1 is 1.50 bits per heavy atom. The standard InChI is InChI=1S/C12H16ClN3/c1-3-8(2)7-16-10-6-4-5-9(13)11(10)15-12(16)14/h4-6,8H,3,7H2,1-2H3,(H2,14,15). The number of fused-ring (bicyclic) bond motifs is 1. The van der Waals surface area contributed by atoms with Gasteiger partial charge in [0, 0.05) is 6.54 Å². The number of rotatable bonds is 3. The zero-order valence-corrected chi connectivity index (χ0v) is 10.3. The van der Waals surface area contributed by atoms with Crippen molar-refractivity contribution in [2.24, 2.45) is 5.92 Å². The lowest BCUT2D eigenvalue weighted by Gasteiger charge is -2.11. The Morgan fingerprint density at radius 3 is 2.94 bits per heavy atom. The minimum absolute atomic E-state index is 0.545. The van der Waals surface area contributed by atoms with Crippen LogP contribution in [0, 0.1) is 5.92 Å². The lowest BCUT2D eigenvalue weighted by molar-refractivity contribution is 0.479. The van der Waals surface area contributed by atoms with Crippen LogP contribution in [-0.4, -0.2) is 9.55 Å². The molecule has 0 saturated carbocycles. The molecule has 0 radical (unpaired) electrons. The van der Waals surface area contributed by atoms with Gasteiger partial charge in [-0.3, -0.25) is 0 Å². The number of benzene rings is 1. The van der Waals surface area contributed by atoms with Crippen molar-refractivity contribution in [3.63, 3.8) is 0 Å². The molecule has 0 saturated heterocycles. The molecule has 0 spiro atoms. The normalized spacial score (nSPS) is 13.2. The van der Waals surface area contributed by atoms with Crippen molar-refractivity contribution >= 4 is 28.6 Å². The second-order valence-corrected chi connectivity index (χ2v) is 4.61. The molecule has 16 heavy (non-hydrogen) atoms. The van der Waals surface area contributed by atoms with Crippen molar-refractivity contribution in [1.29, 1.82) is 0 Å². The molecule has 3 nitrogen and oxygen atoms in total. The Hall–Kier alpha value is -1.22. The van der Waals surface area contributed by atoms with E-state index in [2.05, 4.69) is 18.8 Å². The maximum absolute atomic E-state index is 6.08. The Labute approximate surface area is 100 Å². The molecular formula is C12H16ClN3. The Morgan fingerprint density at radius 2 is 2.25 bits per heavy atom. The van der Waals surface area contributed by atoms with Crippen LogP contribution in [0.25, 0.3) is 11.0 Å². The van der Waals surface area contributed by atoms with Crippen LogP contribution in [0.15, 0.2) is 18.2 Å². The van der Waals surface area contributed by atoms with Gasteiger partial charge in [0.05, 0.1) is 10.5 Å². The molecule has 0 bridgehead atoms. The predicted molar refractivity (Wildman–Crippen MR) is 68.6 cm³/mol. The average molecular weight is 238 g/mol. The number of para-hydroxylation sites is 1. The molecule has 4 heteroatoms. The first-order chi connectivity index (χ1) is 7.63. The summed E-state index contributed by atoms with van der Waals surface area (Å²) in [5.74, 6) is 1.13. The number of aromatic nitrogens is 2. The molecule has 2 N–H and O–H groups in total. The summed E-state index contributed by atoms with van der Waals surface area (Å²) in [6.07, 6.45) is 1.12. The van der Waals surface area contributed by atoms with Gasteiger partial charge in [0.25, 0.3) is 0 Å². The van der Waals surface area contributed by atoms with E-state index in [-0.39, 0.29) is 0 Å². The van der Waals surface area contributed by atoms with Gasteiger partial charge in [0.2, 0.25) is 5.95 Å². The van der Waals surface area contributed by atoms with Gasteiger partial charge in [0.15, 0.2) is 0 Å².